The van der Waals surface area contributed by atoms with Gasteiger partial charge in [-0.2, -0.15) is 13.2 Å². The Kier molecular flexibility index (Phi) is 2.62. The van der Waals surface area contributed by atoms with Gasteiger partial charge in [0.1, 0.15) is 0 Å². The Bertz CT molecular complexity index is 304. The lowest BCUT2D eigenvalue weighted by molar-refractivity contribution is -0.253. The van der Waals surface area contributed by atoms with Gasteiger partial charge in [0.25, 0.3) is 0 Å². The molecule has 0 radical (unpaired) electrons. The van der Waals surface area contributed by atoms with Gasteiger partial charge in [0.15, 0.2) is 5.60 Å². The molecule has 2 N–H and O–H groups in total. The molecule has 1 amide bonds. The largest absolute Gasteiger partial charge is 0.419 e. The molecule has 0 saturated carbocycles. The summed E-state index contributed by atoms with van der Waals surface area (Å²) >= 11 is 0. The molecule has 2 aliphatic heterocycles. The average Bonchev–Trinajstić information content (AvgIpc) is 2.44. The number of alkyl halides is 3. The van der Waals surface area contributed by atoms with E-state index < -0.39 is 24.7 Å². The molecule has 7 heteroatoms. The molecule has 0 aliphatic carbocycles. The van der Waals surface area contributed by atoms with Crippen molar-refractivity contribution in [3.05, 3.63) is 0 Å². The van der Waals surface area contributed by atoms with Crippen molar-refractivity contribution in [1.82, 2.24) is 10.2 Å². The molecule has 2 fully saturated rings. The smallest absolute Gasteiger partial charge is 0.379 e. The van der Waals surface area contributed by atoms with Gasteiger partial charge >= 0.3 is 6.18 Å². The zero-order valence-electron chi connectivity index (χ0n) is 8.55. The van der Waals surface area contributed by atoms with Crippen LogP contribution in [0.2, 0.25) is 0 Å². The Morgan fingerprint density at radius 3 is 2.44 bits per heavy atom. The second kappa shape index (κ2) is 3.59. The predicted octanol–water partition coefficient (Wildman–Crippen LogP) is -0.268. The molecular formula is C9H13F3N2O2. The molecule has 0 spiro atoms. The second-order valence-electron chi connectivity index (χ2n) is 4.39. The average molecular weight is 238 g/mol. The van der Waals surface area contributed by atoms with Crippen LogP contribution in [0, 0.1) is 5.92 Å². The monoisotopic (exact) mass is 238 g/mol. The van der Waals surface area contributed by atoms with Crippen molar-refractivity contribution >= 4 is 5.91 Å². The van der Waals surface area contributed by atoms with Gasteiger partial charge in [-0.05, 0) is 0 Å². The highest BCUT2D eigenvalue weighted by Crippen LogP contribution is 2.38. The van der Waals surface area contributed by atoms with E-state index in [0.717, 1.165) is 4.90 Å². The third-order valence-corrected chi connectivity index (χ3v) is 3.22. The molecule has 0 aromatic heterocycles. The summed E-state index contributed by atoms with van der Waals surface area (Å²) in [5.74, 6) is -0.519. The molecule has 92 valence electrons. The number of carbonyl (C=O) groups excluding carboxylic acids is 1. The van der Waals surface area contributed by atoms with E-state index in [-0.39, 0.29) is 18.4 Å². The molecule has 2 heterocycles. The van der Waals surface area contributed by atoms with Gasteiger partial charge < -0.3 is 15.3 Å². The van der Waals surface area contributed by atoms with E-state index >= 15 is 0 Å². The Labute approximate surface area is 90.4 Å². The summed E-state index contributed by atoms with van der Waals surface area (Å²) in [6, 6.07) is 0. The van der Waals surface area contributed by atoms with E-state index in [4.69, 9.17) is 0 Å². The first kappa shape index (κ1) is 11.7. The van der Waals surface area contributed by atoms with Gasteiger partial charge in [-0.1, -0.05) is 0 Å². The fraction of sp³-hybridized carbons (Fsp3) is 0.889. The number of amides is 1. The maximum absolute atomic E-state index is 12.5. The molecular weight excluding hydrogens is 225 g/mol. The summed E-state index contributed by atoms with van der Waals surface area (Å²) in [7, 11) is 0. The number of nitrogens with zero attached hydrogens (tertiary/aromatic N) is 1. The number of likely N-dealkylation sites (tertiary alicyclic amines) is 1. The Morgan fingerprint density at radius 2 is 2.06 bits per heavy atom. The lowest BCUT2D eigenvalue weighted by atomic mass is 10.0. The third kappa shape index (κ3) is 1.78. The lowest BCUT2D eigenvalue weighted by Crippen LogP contribution is -2.53. The number of aliphatic hydroxyl groups is 1. The fourth-order valence-corrected chi connectivity index (χ4v) is 1.93. The summed E-state index contributed by atoms with van der Waals surface area (Å²) in [6.07, 6.45) is -5.09. The van der Waals surface area contributed by atoms with Gasteiger partial charge in [0, 0.05) is 26.1 Å². The molecule has 2 saturated heterocycles. The minimum Gasteiger partial charge on any atom is -0.379 e. The van der Waals surface area contributed by atoms with Crippen LogP contribution in [0.3, 0.4) is 0 Å². The number of rotatable bonds is 1. The Balaban J connectivity index is 1.99. The van der Waals surface area contributed by atoms with Crippen LogP contribution in [-0.4, -0.2) is 53.9 Å². The zero-order valence-corrected chi connectivity index (χ0v) is 8.55. The zero-order chi connectivity index (χ0) is 12.0. The van der Waals surface area contributed by atoms with E-state index in [9.17, 15) is 23.1 Å². The second-order valence-corrected chi connectivity index (χ2v) is 4.39. The number of nitrogens with one attached hydrogen (secondary N) is 1. The standard InChI is InChI=1S/C9H13F3N2O2/c10-9(11,12)8(16)1-2-14(5-8)7(15)6-3-13-4-6/h6,13,16H,1-5H2/t8-/m0/s1. The van der Waals surface area contributed by atoms with Crippen LogP contribution in [0.4, 0.5) is 13.2 Å². The van der Waals surface area contributed by atoms with Gasteiger partial charge in [-0.15, -0.1) is 0 Å². The number of hydrogen-bond acceptors (Lipinski definition) is 3. The van der Waals surface area contributed by atoms with Crippen LogP contribution >= 0.6 is 0 Å². The van der Waals surface area contributed by atoms with Crippen LogP contribution in [-0.2, 0) is 4.79 Å². The summed E-state index contributed by atoms with van der Waals surface area (Å²) in [5.41, 5.74) is -2.72. The van der Waals surface area contributed by atoms with Crippen molar-refractivity contribution in [2.45, 2.75) is 18.2 Å². The fourth-order valence-electron chi connectivity index (χ4n) is 1.93. The lowest BCUT2D eigenvalue weighted by Gasteiger charge is -2.31. The van der Waals surface area contributed by atoms with Crippen molar-refractivity contribution in [3.8, 4) is 0 Å². The van der Waals surface area contributed by atoms with Crippen LogP contribution in [0.25, 0.3) is 0 Å². The van der Waals surface area contributed by atoms with E-state index in [1.165, 1.54) is 0 Å². The van der Waals surface area contributed by atoms with Crippen molar-refractivity contribution in [2.75, 3.05) is 26.2 Å². The first-order valence-electron chi connectivity index (χ1n) is 5.12. The highest BCUT2D eigenvalue weighted by molar-refractivity contribution is 5.80. The highest BCUT2D eigenvalue weighted by atomic mass is 19.4. The van der Waals surface area contributed by atoms with E-state index in [1.807, 2.05) is 0 Å². The number of carbonyl (C=O) groups is 1. The first-order chi connectivity index (χ1) is 7.33. The van der Waals surface area contributed by atoms with Crippen molar-refractivity contribution in [2.24, 2.45) is 5.92 Å². The van der Waals surface area contributed by atoms with Gasteiger partial charge in [-0.3, -0.25) is 4.79 Å². The summed E-state index contributed by atoms with van der Waals surface area (Å²) in [6.45, 7) is 0.372. The van der Waals surface area contributed by atoms with Gasteiger partial charge in [0.2, 0.25) is 5.91 Å². The number of halogens is 3. The maximum atomic E-state index is 12.5. The Hall–Kier alpha value is -0.820. The number of hydrogen-bond donors (Lipinski definition) is 2. The van der Waals surface area contributed by atoms with Gasteiger partial charge in [-0.25, -0.2) is 0 Å². The molecule has 4 nitrogen and oxygen atoms in total. The quantitative estimate of drug-likeness (QED) is 0.661. The van der Waals surface area contributed by atoms with Crippen LogP contribution < -0.4 is 5.32 Å². The Morgan fingerprint density at radius 1 is 1.44 bits per heavy atom. The third-order valence-electron chi connectivity index (χ3n) is 3.22. The normalized spacial score (nSPS) is 31.6. The van der Waals surface area contributed by atoms with E-state index in [0.29, 0.717) is 13.1 Å². The molecule has 0 aromatic carbocycles. The van der Waals surface area contributed by atoms with Crippen molar-refractivity contribution in [3.63, 3.8) is 0 Å². The van der Waals surface area contributed by atoms with Crippen LogP contribution in [0.1, 0.15) is 6.42 Å². The SMILES string of the molecule is O=C(C1CNC1)N1CC[C@@](O)(C(F)(F)F)C1. The summed E-state index contributed by atoms with van der Waals surface area (Å²) < 4.78 is 37.4. The van der Waals surface area contributed by atoms with Crippen molar-refractivity contribution < 1.29 is 23.1 Å². The molecule has 1 atom stereocenters. The molecule has 2 rings (SSSR count). The molecule has 0 aromatic rings. The summed E-state index contributed by atoms with van der Waals surface area (Å²) in [4.78, 5) is 12.8. The highest BCUT2D eigenvalue weighted by Gasteiger charge is 2.58. The first-order valence-corrected chi connectivity index (χ1v) is 5.12. The molecule has 16 heavy (non-hydrogen) atoms. The predicted molar refractivity (Wildman–Crippen MR) is 48.6 cm³/mol. The van der Waals surface area contributed by atoms with Crippen molar-refractivity contribution in [1.29, 1.82) is 0 Å². The minimum atomic E-state index is -4.67. The van der Waals surface area contributed by atoms with E-state index in [2.05, 4.69) is 5.32 Å². The van der Waals surface area contributed by atoms with Crippen LogP contribution in [0.5, 0.6) is 0 Å². The topological polar surface area (TPSA) is 52.6 Å². The van der Waals surface area contributed by atoms with Gasteiger partial charge in [0.05, 0.1) is 12.5 Å². The number of β-amino-alcohol motifs (C(OH)–C–C–N with tert-alkyl or cyclic N) is 1. The molecule has 2 aliphatic rings. The minimum absolute atomic E-state index is 0.0225. The van der Waals surface area contributed by atoms with E-state index in [1.54, 1.807) is 0 Å². The summed E-state index contributed by atoms with van der Waals surface area (Å²) in [5, 5.41) is 12.3. The van der Waals surface area contributed by atoms with Crippen LogP contribution in [0.15, 0.2) is 0 Å². The molecule has 0 bridgehead atoms. The molecule has 0 unspecified atom stereocenters. The maximum Gasteiger partial charge on any atom is 0.419 e.